The van der Waals surface area contributed by atoms with Gasteiger partial charge in [-0.3, -0.25) is 23.7 Å². The zero-order valence-electron chi connectivity index (χ0n) is 15.7. The molecule has 2 aromatic heterocycles. The molecule has 4 rings (SSSR count). The van der Waals surface area contributed by atoms with Gasteiger partial charge in [0, 0.05) is 17.6 Å². The van der Waals surface area contributed by atoms with Crippen molar-refractivity contribution in [3.05, 3.63) is 69.1 Å². The van der Waals surface area contributed by atoms with Gasteiger partial charge in [-0.2, -0.15) is 0 Å². The zero-order chi connectivity index (χ0) is 20.7. The van der Waals surface area contributed by atoms with E-state index in [9.17, 15) is 19.2 Å². The van der Waals surface area contributed by atoms with Crippen LogP contribution in [-0.4, -0.2) is 38.1 Å². The maximum atomic E-state index is 12.8. The lowest BCUT2D eigenvalue weighted by Crippen LogP contribution is -2.48. The number of esters is 1. The second-order valence-corrected chi connectivity index (χ2v) is 7.84. The predicted octanol–water partition coefficient (Wildman–Crippen LogP) is 2.12. The van der Waals surface area contributed by atoms with Crippen molar-refractivity contribution in [2.45, 2.75) is 26.5 Å². The number of amides is 2. The maximum Gasteiger partial charge on any atom is 0.330 e. The van der Waals surface area contributed by atoms with Crippen molar-refractivity contribution in [1.29, 1.82) is 0 Å². The number of ether oxygens (including phenoxy) is 1. The van der Waals surface area contributed by atoms with Gasteiger partial charge in [0.05, 0.1) is 16.8 Å². The van der Waals surface area contributed by atoms with E-state index in [1.807, 2.05) is 0 Å². The highest BCUT2D eigenvalue weighted by Crippen LogP contribution is 2.27. The van der Waals surface area contributed by atoms with Gasteiger partial charge in [0.1, 0.15) is 12.6 Å². The highest BCUT2D eigenvalue weighted by molar-refractivity contribution is 7.15. The first kappa shape index (κ1) is 19.0. The average molecular weight is 411 g/mol. The minimum absolute atomic E-state index is 0.227. The normalized spacial score (nSPS) is 14.5. The molecule has 0 saturated carbocycles. The molecule has 0 radical (unpaired) electrons. The molecule has 2 amide bonds. The molecule has 9 heteroatoms. The van der Waals surface area contributed by atoms with E-state index >= 15 is 0 Å². The number of rotatable bonds is 5. The Bertz CT molecular complexity index is 1160. The summed E-state index contributed by atoms with van der Waals surface area (Å²) in [6.07, 6.45) is 1.61. The third kappa shape index (κ3) is 3.23. The Morgan fingerprint density at radius 3 is 2.41 bits per heavy atom. The lowest BCUT2D eigenvalue weighted by atomic mass is 10.0. The van der Waals surface area contributed by atoms with Gasteiger partial charge in [-0.1, -0.05) is 26.0 Å². The van der Waals surface area contributed by atoms with E-state index in [2.05, 4.69) is 4.98 Å². The minimum Gasteiger partial charge on any atom is -0.458 e. The van der Waals surface area contributed by atoms with Gasteiger partial charge in [-0.05, 0) is 18.1 Å². The number of imide groups is 1. The summed E-state index contributed by atoms with van der Waals surface area (Å²) in [5, 5.41) is 1.73. The molecule has 148 valence electrons. The van der Waals surface area contributed by atoms with Crippen molar-refractivity contribution in [2.75, 3.05) is 0 Å². The third-order valence-electron chi connectivity index (χ3n) is 4.70. The summed E-state index contributed by atoms with van der Waals surface area (Å²) in [5.74, 6) is -2.11. The number of carbonyl (C=O) groups excluding carboxylic acids is 3. The summed E-state index contributed by atoms with van der Waals surface area (Å²) >= 11 is 1.29. The van der Waals surface area contributed by atoms with E-state index in [0.29, 0.717) is 10.7 Å². The van der Waals surface area contributed by atoms with Crippen LogP contribution >= 0.6 is 11.3 Å². The predicted molar refractivity (Wildman–Crippen MR) is 105 cm³/mol. The summed E-state index contributed by atoms with van der Waals surface area (Å²) in [6, 6.07) is 6.67. The highest BCUT2D eigenvalue weighted by Gasteiger charge is 2.44. The average Bonchev–Trinajstić information content (AvgIpc) is 3.26. The Hall–Kier alpha value is -3.33. The summed E-state index contributed by atoms with van der Waals surface area (Å²) < 4.78 is 6.74. The van der Waals surface area contributed by atoms with Crippen LogP contribution in [0.15, 0.2) is 46.7 Å². The molecule has 0 aliphatic carbocycles. The topological polar surface area (TPSA) is 98.1 Å². The number of hydrogen-bond acceptors (Lipinski definition) is 7. The molecule has 29 heavy (non-hydrogen) atoms. The van der Waals surface area contributed by atoms with Gasteiger partial charge in [-0.25, -0.2) is 9.78 Å². The van der Waals surface area contributed by atoms with Gasteiger partial charge >= 0.3 is 5.97 Å². The zero-order valence-corrected chi connectivity index (χ0v) is 16.5. The van der Waals surface area contributed by atoms with Crippen LogP contribution < -0.4 is 5.56 Å². The summed E-state index contributed by atoms with van der Waals surface area (Å²) in [7, 11) is 0. The van der Waals surface area contributed by atoms with E-state index in [1.165, 1.54) is 21.8 Å². The lowest BCUT2D eigenvalue weighted by Gasteiger charge is -2.27. The third-order valence-corrected chi connectivity index (χ3v) is 5.45. The fourth-order valence-electron chi connectivity index (χ4n) is 3.33. The van der Waals surface area contributed by atoms with E-state index < -0.39 is 23.8 Å². The van der Waals surface area contributed by atoms with Crippen LogP contribution in [0.25, 0.3) is 4.96 Å². The van der Waals surface area contributed by atoms with Crippen LogP contribution in [0.3, 0.4) is 0 Å². The maximum absolute atomic E-state index is 12.8. The second kappa shape index (κ2) is 7.25. The van der Waals surface area contributed by atoms with Crippen molar-refractivity contribution in [3.8, 4) is 0 Å². The molecule has 3 aromatic rings. The van der Waals surface area contributed by atoms with Gasteiger partial charge in [0.25, 0.3) is 17.4 Å². The Balaban J connectivity index is 1.56. The largest absolute Gasteiger partial charge is 0.458 e. The molecule has 0 bridgehead atoms. The van der Waals surface area contributed by atoms with Crippen LogP contribution in [0, 0.1) is 5.92 Å². The smallest absolute Gasteiger partial charge is 0.330 e. The number of carbonyl (C=O) groups is 3. The van der Waals surface area contributed by atoms with Crippen molar-refractivity contribution in [1.82, 2.24) is 14.3 Å². The second-order valence-electron chi connectivity index (χ2n) is 6.96. The Morgan fingerprint density at radius 1 is 1.14 bits per heavy atom. The van der Waals surface area contributed by atoms with E-state index in [1.54, 1.807) is 49.7 Å². The number of aromatic nitrogens is 2. The number of benzene rings is 1. The number of thiazole rings is 1. The molecule has 0 fully saturated rings. The molecule has 0 unspecified atom stereocenters. The van der Waals surface area contributed by atoms with Crippen molar-refractivity contribution >= 4 is 34.1 Å². The first-order valence-corrected chi connectivity index (χ1v) is 9.86. The number of nitrogens with zero attached hydrogens (tertiary/aromatic N) is 3. The summed E-state index contributed by atoms with van der Waals surface area (Å²) in [6.45, 7) is 3.24. The Kier molecular flexibility index (Phi) is 4.75. The van der Waals surface area contributed by atoms with Crippen LogP contribution in [0.1, 0.15) is 40.3 Å². The molecule has 1 aromatic carbocycles. The summed E-state index contributed by atoms with van der Waals surface area (Å²) in [4.78, 5) is 56.1. The van der Waals surface area contributed by atoms with Crippen LogP contribution in [0.5, 0.6) is 0 Å². The standard InChI is InChI=1S/C20H17N3O5S/c1-11(2)16(23-17(25)13-5-3-4-6-14(13)18(23)26)19(27)28-10-12-9-15(24)22-7-8-29-20(22)21-12/h3-9,11,16H,10H2,1-2H3/t16-/m1/s1. The van der Waals surface area contributed by atoms with E-state index in [-0.39, 0.29) is 29.2 Å². The monoisotopic (exact) mass is 411 g/mol. The van der Waals surface area contributed by atoms with Crippen molar-refractivity contribution < 1.29 is 19.1 Å². The molecule has 8 nitrogen and oxygen atoms in total. The van der Waals surface area contributed by atoms with Crippen LogP contribution in [0.2, 0.25) is 0 Å². The summed E-state index contributed by atoms with van der Waals surface area (Å²) in [5.41, 5.74) is 0.571. The SMILES string of the molecule is CC(C)[C@H](C(=O)OCc1cc(=O)n2ccsc2n1)N1C(=O)c2ccccc2C1=O. The molecule has 1 aliphatic heterocycles. The number of fused-ring (bicyclic) bond motifs is 2. The van der Waals surface area contributed by atoms with Gasteiger partial charge in [0.2, 0.25) is 0 Å². The molecule has 0 N–H and O–H groups in total. The molecular weight excluding hydrogens is 394 g/mol. The quantitative estimate of drug-likeness (QED) is 0.471. The molecule has 3 heterocycles. The molecule has 1 atom stereocenters. The van der Waals surface area contributed by atoms with Crippen LogP contribution in [-0.2, 0) is 16.1 Å². The van der Waals surface area contributed by atoms with E-state index in [4.69, 9.17) is 4.74 Å². The highest BCUT2D eigenvalue weighted by atomic mass is 32.1. The number of hydrogen-bond donors (Lipinski definition) is 0. The molecule has 0 saturated heterocycles. The Morgan fingerprint density at radius 2 is 1.79 bits per heavy atom. The van der Waals surface area contributed by atoms with Gasteiger partial charge in [0.15, 0.2) is 4.96 Å². The molecular formula is C20H17N3O5S. The van der Waals surface area contributed by atoms with Crippen molar-refractivity contribution in [3.63, 3.8) is 0 Å². The van der Waals surface area contributed by atoms with Gasteiger partial charge in [-0.15, -0.1) is 11.3 Å². The first-order valence-electron chi connectivity index (χ1n) is 8.98. The molecule has 1 aliphatic rings. The van der Waals surface area contributed by atoms with Gasteiger partial charge < -0.3 is 4.74 Å². The first-order chi connectivity index (χ1) is 13.9. The minimum atomic E-state index is -1.08. The fraction of sp³-hybridized carbons (Fsp3) is 0.250. The van der Waals surface area contributed by atoms with E-state index in [0.717, 1.165) is 4.90 Å². The Labute approximate surface area is 169 Å². The molecule has 0 spiro atoms. The lowest BCUT2D eigenvalue weighted by molar-refractivity contribution is -0.151. The van der Waals surface area contributed by atoms with Crippen molar-refractivity contribution in [2.24, 2.45) is 5.92 Å². The van der Waals surface area contributed by atoms with Crippen LogP contribution in [0.4, 0.5) is 0 Å². The fourth-order valence-corrected chi connectivity index (χ4v) is 4.07.